The van der Waals surface area contributed by atoms with Crippen molar-refractivity contribution in [3.63, 3.8) is 0 Å². The molecular weight excluding hydrogens is 310 g/mol. The number of hydrogen-bond donors (Lipinski definition) is 1. The van der Waals surface area contributed by atoms with E-state index in [2.05, 4.69) is 6.92 Å². The topological polar surface area (TPSA) is 89.7 Å². The van der Waals surface area contributed by atoms with Crippen molar-refractivity contribution in [1.29, 1.82) is 0 Å². The number of rotatable bonds is 7. The Balaban J connectivity index is 2.25. The number of ether oxygens (including phenoxy) is 1. The molecular formula is C18H21NO5. The van der Waals surface area contributed by atoms with Crippen molar-refractivity contribution in [3.05, 3.63) is 45.0 Å². The predicted molar refractivity (Wildman–Crippen MR) is 91.1 cm³/mol. The molecule has 1 aliphatic rings. The third kappa shape index (κ3) is 3.82. The zero-order valence-electron chi connectivity index (χ0n) is 13.9. The number of aromatic hydroxyl groups is 1. The molecule has 6 heteroatoms. The number of methoxy groups -OCH3 is 1. The lowest BCUT2D eigenvalue weighted by atomic mass is 10.0. The summed E-state index contributed by atoms with van der Waals surface area (Å²) in [5.74, 6) is -0.501. The van der Waals surface area contributed by atoms with E-state index in [1.165, 1.54) is 19.2 Å². The van der Waals surface area contributed by atoms with Crippen LogP contribution in [0.2, 0.25) is 0 Å². The Hall–Kier alpha value is -2.63. The molecule has 1 aromatic rings. The highest BCUT2D eigenvalue weighted by Gasteiger charge is 2.23. The maximum Gasteiger partial charge on any atom is 0.315 e. The molecule has 0 bridgehead atoms. The normalized spacial score (nSPS) is 15.7. The number of unbranched alkanes of at least 4 members (excludes halogenated alkanes) is 2. The number of phenols is 1. The van der Waals surface area contributed by atoms with Crippen molar-refractivity contribution in [1.82, 2.24) is 0 Å². The Labute approximate surface area is 140 Å². The van der Waals surface area contributed by atoms with Crippen LogP contribution in [0.25, 0.3) is 6.08 Å². The van der Waals surface area contributed by atoms with Crippen LogP contribution in [0.1, 0.15) is 44.6 Å². The molecule has 0 unspecified atom stereocenters. The van der Waals surface area contributed by atoms with Gasteiger partial charge in [-0.3, -0.25) is 14.9 Å². The Bertz CT molecular complexity index is 718. The lowest BCUT2D eigenvalue weighted by Gasteiger charge is -2.06. The number of ketones is 1. The minimum atomic E-state index is -0.676. The van der Waals surface area contributed by atoms with Gasteiger partial charge in [-0.15, -0.1) is 0 Å². The van der Waals surface area contributed by atoms with Crippen LogP contribution >= 0.6 is 0 Å². The third-order valence-corrected chi connectivity index (χ3v) is 4.04. The summed E-state index contributed by atoms with van der Waals surface area (Å²) in [6.45, 7) is 2.11. The van der Waals surface area contributed by atoms with Crippen LogP contribution in [0.15, 0.2) is 29.4 Å². The molecule has 0 heterocycles. The first-order valence-electron chi connectivity index (χ1n) is 7.97. The second-order valence-corrected chi connectivity index (χ2v) is 5.74. The van der Waals surface area contributed by atoms with Gasteiger partial charge in [0.15, 0.2) is 11.5 Å². The van der Waals surface area contributed by atoms with E-state index < -0.39 is 16.4 Å². The molecule has 0 saturated carbocycles. The average molecular weight is 331 g/mol. The first-order valence-corrected chi connectivity index (χ1v) is 7.97. The van der Waals surface area contributed by atoms with Gasteiger partial charge in [0.1, 0.15) is 0 Å². The maximum atomic E-state index is 12.4. The van der Waals surface area contributed by atoms with Crippen LogP contribution < -0.4 is 4.74 Å². The molecule has 2 rings (SSSR count). The molecule has 6 nitrogen and oxygen atoms in total. The summed E-state index contributed by atoms with van der Waals surface area (Å²) < 4.78 is 4.97. The van der Waals surface area contributed by atoms with E-state index in [1.807, 2.05) is 6.08 Å². The van der Waals surface area contributed by atoms with Crippen LogP contribution in [-0.2, 0) is 4.79 Å². The maximum absolute atomic E-state index is 12.4. The molecule has 0 radical (unpaired) electrons. The fraction of sp³-hybridized carbons (Fsp3) is 0.389. The van der Waals surface area contributed by atoms with E-state index in [0.717, 1.165) is 31.3 Å². The number of nitrogens with zero attached hydrogens (tertiary/aromatic N) is 1. The van der Waals surface area contributed by atoms with Gasteiger partial charge in [0.2, 0.25) is 5.75 Å². The molecule has 0 aromatic heterocycles. The van der Waals surface area contributed by atoms with Gasteiger partial charge in [-0.05, 0) is 42.5 Å². The third-order valence-electron chi connectivity index (χ3n) is 4.04. The summed E-state index contributed by atoms with van der Waals surface area (Å²) in [5.41, 5.74) is 1.43. The SMILES string of the molecule is CCCCCC1=CC/C(=C\c2cc(OC)c(O)c([N+](=O)[O-])c2)C1=O. The number of Topliss-reactive ketones (excluding diaryl/α,β-unsaturated/α-hetero) is 1. The van der Waals surface area contributed by atoms with E-state index >= 15 is 0 Å². The number of carbonyl (C=O) groups is 1. The van der Waals surface area contributed by atoms with Crippen molar-refractivity contribution in [2.75, 3.05) is 7.11 Å². The van der Waals surface area contributed by atoms with Crippen LogP contribution in [0, 0.1) is 10.1 Å². The quantitative estimate of drug-likeness (QED) is 0.350. The number of nitro groups is 1. The molecule has 0 atom stereocenters. The average Bonchev–Trinajstić information content (AvgIpc) is 2.89. The Kier molecular flexibility index (Phi) is 5.73. The van der Waals surface area contributed by atoms with Gasteiger partial charge in [0.25, 0.3) is 0 Å². The zero-order chi connectivity index (χ0) is 17.7. The molecule has 1 N–H and O–H groups in total. The van der Waals surface area contributed by atoms with Crippen LogP contribution in [0.3, 0.4) is 0 Å². The van der Waals surface area contributed by atoms with Crippen molar-refractivity contribution >= 4 is 17.5 Å². The predicted octanol–water partition coefficient (Wildman–Crippen LogP) is 4.17. The van der Waals surface area contributed by atoms with Gasteiger partial charge in [-0.1, -0.05) is 25.8 Å². The number of nitro benzene ring substituents is 1. The first-order chi connectivity index (χ1) is 11.5. The second kappa shape index (κ2) is 7.77. The second-order valence-electron chi connectivity index (χ2n) is 5.74. The molecule has 1 aromatic carbocycles. The van der Waals surface area contributed by atoms with Gasteiger partial charge in [0, 0.05) is 11.6 Å². The van der Waals surface area contributed by atoms with Crippen LogP contribution in [-0.4, -0.2) is 22.9 Å². The Morgan fingerprint density at radius 3 is 2.75 bits per heavy atom. The summed E-state index contributed by atoms with van der Waals surface area (Å²) in [7, 11) is 1.32. The summed E-state index contributed by atoms with van der Waals surface area (Å²) in [4.78, 5) is 22.8. The largest absolute Gasteiger partial charge is 0.500 e. The van der Waals surface area contributed by atoms with Crippen molar-refractivity contribution in [3.8, 4) is 11.5 Å². The summed E-state index contributed by atoms with van der Waals surface area (Å²) in [5, 5.41) is 20.8. The van der Waals surface area contributed by atoms with E-state index in [-0.39, 0.29) is 11.5 Å². The fourth-order valence-electron chi connectivity index (χ4n) is 2.72. The van der Waals surface area contributed by atoms with Crippen molar-refractivity contribution in [2.24, 2.45) is 0 Å². The molecule has 128 valence electrons. The minimum Gasteiger partial charge on any atom is -0.500 e. The lowest BCUT2D eigenvalue weighted by molar-refractivity contribution is -0.386. The monoisotopic (exact) mass is 331 g/mol. The van der Waals surface area contributed by atoms with Gasteiger partial charge < -0.3 is 9.84 Å². The van der Waals surface area contributed by atoms with Gasteiger partial charge in [0.05, 0.1) is 12.0 Å². The fourth-order valence-corrected chi connectivity index (χ4v) is 2.72. The molecule has 24 heavy (non-hydrogen) atoms. The number of benzene rings is 1. The number of carbonyl (C=O) groups excluding carboxylic acids is 1. The Morgan fingerprint density at radius 2 is 2.12 bits per heavy atom. The minimum absolute atomic E-state index is 0.000739. The molecule has 1 aliphatic carbocycles. The van der Waals surface area contributed by atoms with E-state index in [4.69, 9.17) is 4.74 Å². The highest BCUT2D eigenvalue weighted by Crippen LogP contribution is 2.38. The highest BCUT2D eigenvalue weighted by atomic mass is 16.6. The van der Waals surface area contributed by atoms with E-state index in [1.54, 1.807) is 6.08 Å². The molecule has 0 spiro atoms. The summed E-state index contributed by atoms with van der Waals surface area (Å²) >= 11 is 0. The number of allylic oxidation sites excluding steroid dienone is 3. The van der Waals surface area contributed by atoms with E-state index in [9.17, 15) is 20.0 Å². The standard InChI is InChI=1S/C18H21NO5/c1-3-4-5-6-13-7-8-14(17(13)20)9-12-10-15(19(22)23)18(21)16(11-12)24-2/h7,9-11,21H,3-6,8H2,1-2H3/b14-9+. The van der Waals surface area contributed by atoms with Crippen molar-refractivity contribution in [2.45, 2.75) is 39.0 Å². The van der Waals surface area contributed by atoms with Gasteiger partial charge >= 0.3 is 5.69 Å². The van der Waals surface area contributed by atoms with Gasteiger partial charge in [-0.2, -0.15) is 0 Å². The van der Waals surface area contributed by atoms with Gasteiger partial charge in [-0.25, -0.2) is 0 Å². The number of phenolic OH excluding ortho intramolecular Hbond substituents is 1. The van der Waals surface area contributed by atoms with E-state index in [0.29, 0.717) is 17.6 Å². The van der Waals surface area contributed by atoms with Crippen LogP contribution in [0.4, 0.5) is 5.69 Å². The Morgan fingerprint density at radius 1 is 1.38 bits per heavy atom. The van der Waals surface area contributed by atoms with Crippen LogP contribution in [0.5, 0.6) is 11.5 Å². The smallest absolute Gasteiger partial charge is 0.315 e. The highest BCUT2D eigenvalue weighted by molar-refractivity contribution is 6.13. The van der Waals surface area contributed by atoms with Crippen molar-refractivity contribution < 1.29 is 19.6 Å². The zero-order valence-corrected chi connectivity index (χ0v) is 13.9. The molecule has 0 aliphatic heterocycles. The molecule has 0 saturated heterocycles. The summed E-state index contributed by atoms with van der Waals surface area (Å²) in [6.07, 6.45) is 8.02. The number of hydrogen-bond acceptors (Lipinski definition) is 5. The lowest BCUT2D eigenvalue weighted by Crippen LogP contribution is -2.00. The first kappa shape index (κ1) is 17.7. The summed E-state index contributed by atoms with van der Waals surface area (Å²) in [6, 6.07) is 2.73. The molecule has 0 amide bonds. The molecule has 0 fully saturated rings.